The van der Waals surface area contributed by atoms with Crippen molar-refractivity contribution in [3.63, 3.8) is 0 Å². The van der Waals surface area contributed by atoms with Gasteiger partial charge in [0.05, 0.1) is 24.9 Å². The van der Waals surface area contributed by atoms with Crippen molar-refractivity contribution in [3.8, 4) is 11.1 Å². The van der Waals surface area contributed by atoms with Gasteiger partial charge in [-0.3, -0.25) is 4.90 Å². The maximum Gasteiger partial charge on any atom is 0.241 e. The van der Waals surface area contributed by atoms with Crippen LogP contribution >= 0.6 is 0 Å². The van der Waals surface area contributed by atoms with Crippen LogP contribution in [-0.2, 0) is 4.74 Å². The number of aromatic nitrogens is 5. The largest absolute Gasteiger partial charge is 0.379 e. The topological polar surface area (TPSA) is 72.0 Å². The molecule has 6 rings (SSSR count). The molecule has 148 valence electrons. The Morgan fingerprint density at radius 2 is 1.93 bits per heavy atom. The van der Waals surface area contributed by atoms with Gasteiger partial charge in [-0.15, -0.1) is 5.10 Å². The highest BCUT2D eigenvalue weighted by atomic mass is 16.5. The molecule has 0 aromatic carbocycles. The average molecular weight is 389 g/mol. The molecule has 1 aliphatic heterocycles. The third-order valence-electron chi connectivity index (χ3n) is 6.12. The Balaban J connectivity index is 1.18. The van der Waals surface area contributed by atoms with Crippen LogP contribution in [0.5, 0.6) is 0 Å². The Labute approximate surface area is 168 Å². The van der Waals surface area contributed by atoms with Crippen molar-refractivity contribution in [1.82, 2.24) is 28.9 Å². The smallest absolute Gasteiger partial charge is 0.241 e. The van der Waals surface area contributed by atoms with E-state index in [1.165, 1.54) is 0 Å². The van der Waals surface area contributed by atoms with E-state index >= 15 is 0 Å². The first-order valence-electron chi connectivity index (χ1n) is 10.2. The van der Waals surface area contributed by atoms with Crippen LogP contribution < -0.4 is 5.32 Å². The minimum absolute atomic E-state index is 0.443. The molecule has 4 aromatic heterocycles. The summed E-state index contributed by atoms with van der Waals surface area (Å²) in [5.74, 6) is 0.690. The zero-order valence-corrected chi connectivity index (χ0v) is 16.1. The highest BCUT2D eigenvalue weighted by Crippen LogP contribution is 2.29. The summed E-state index contributed by atoms with van der Waals surface area (Å²) >= 11 is 0. The van der Waals surface area contributed by atoms with E-state index in [9.17, 15) is 0 Å². The summed E-state index contributed by atoms with van der Waals surface area (Å²) in [7, 11) is 0. The number of hydrogen-bond acceptors (Lipinski definition) is 6. The van der Waals surface area contributed by atoms with Gasteiger partial charge in [-0.1, -0.05) is 0 Å². The van der Waals surface area contributed by atoms with E-state index in [0.29, 0.717) is 18.0 Å². The van der Waals surface area contributed by atoms with Gasteiger partial charge in [0.25, 0.3) is 0 Å². The quantitative estimate of drug-likeness (QED) is 0.578. The number of imidazole rings is 1. The lowest BCUT2D eigenvalue weighted by molar-refractivity contribution is -0.00443. The molecule has 1 N–H and O–H groups in total. The maximum atomic E-state index is 5.45. The summed E-state index contributed by atoms with van der Waals surface area (Å²) in [6.45, 7) is 3.82. The molecule has 5 heterocycles. The minimum Gasteiger partial charge on any atom is -0.379 e. The molecule has 0 spiro atoms. The van der Waals surface area contributed by atoms with Crippen LogP contribution in [0.2, 0.25) is 0 Å². The van der Waals surface area contributed by atoms with E-state index in [-0.39, 0.29) is 0 Å². The summed E-state index contributed by atoms with van der Waals surface area (Å²) in [5.41, 5.74) is 4.17. The fourth-order valence-corrected chi connectivity index (χ4v) is 4.42. The summed E-state index contributed by atoms with van der Waals surface area (Å²) in [6, 6.07) is 7.31. The number of ether oxygens (including phenoxy) is 1. The number of fused-ring (bicyclic) bond motifs is 2. The molecular formula is C21H23N7O. The van der Waals surface area contributed by atoms with Crippen LogP contribution in [0.25, 0.3) is 22.3 Å². The summed E-state index contributed by atoms with van der Waals surface area (Å²) in [5, 5.41) is 8.17. The van der Waals surface area contributed by atoms with E-state index in [1.54, 1.807) is 0 Å². The molecule has 0 amide bonds. The Hall–Kier alpha value is -2.97. The van der Waals surface area contributed by atoms with Crippen LogP contribution in [0.15, 0.2) is 49.2 Å². The van der Waals surface area contributed by atoms with Crippen molar-refractivity contribution < 1.29 is 4.74 Å². The van der Waals surface area contributed by atoms with Crippen LogP contribution in [0.1, 0.15) is 12.8 Å². The number of anilines is 1. The SMILES string of the molecule is c1cn2cc(-c3ccn4nc(NC5CC(N6CCOCC6)C5)ncc34)ccc2n1. The number of nitrogens with one attached hydrogen (secondary N) is 1. The van der Waals surface area contributed by atoms with Gasteiger partial charge in [0.2, 0.25) is 5.95 Å². The third-order valence-corrected chi connectivity index (χ3v) is 6.12. The fraction of sp³-hybridized carbons (Fsp3) is 0.381. The number of rotatable bonds is 4. The van der Waals surface area contributed by atoms with Gasteiger partial charge in [0, 0.05) is 61.1 Å². The van der Waals surface area contributed by atoms with Crippen LogP contribution in [0, 0.1) is 0 Å². The van der Waals surface area contributed by atoms with Gasteiger partial charge < -0.3 is 14.5 Å². The van der Waals surface area contributed by atoms with Gasteiger partial charge in [-0.25, -0.2) is 14.5 Å². The van der Waals surface area contributed by atoms with Gasteiger partial charge in [-0.05, 0) is 31.0 Å². The molecule has 0 unspecified atom stereocenters. The fourth-order valence-electron chi connectivity index (χ4n) is 4.42. The van der Waals surface area contributed by atoms with Crippen molar-refractivity contribution in [3.05, 3.63) is 49.2 Å². The molecule has 8 heteroatoms. The van der Waals surface area contributed by atoms with Crippen LogP contribution in [0.4, 0.5) is 5.95 Å². The lowest BCUT2D eigenvalue weighted by Gasteiger charge is -2.44. The zero-order valence-electron chi connectivity index (χ0n) is 16.1. The van der Waals surface area contributed by atoms with Crippen molar-refractivity contribution in [2.24, 2.45) is 0 Å². The minimum atomic E-state index is 0.443. The normalized spacial score (nSPS) is 22.8. The summed E-state index contributed by atoms with van der Waals surface area (Å²) in [6.07, 6.45) is 12.0. The molecule has 0 radical (unpaired) electrons. The van der Waals surface area contributed by atoms with Crippen molar-refractivity contribution in [2.75, 3.05) is 31.6 Å². The molecule has 2 fully saturated rings. The van der Waals surface area contributed by atoms with Crippen molar-refractivity contribution in [1.29, 1.82) is 0 Å². The Kier molecular flexibility index (Phi) is 3.98. The number of morpholine rings is 1. The van der Waals surface area contributed by atoms with Gasteiger partial charge in [0.15, 0.2) is 0 Å². The predicted molar refractivity (Wildman–Crippen MR) is 110 cm³/mol. The second kappa shape index (κ2) is 6.82. The highest BCUT2D eigenvalue weighted by Gasteiger charge is 2.34. The lowest BCUT2D eigenvalue weighted by atomic mass is 9.85. The third kappa shape index (κ3) is 3.04. The van der Waals surface area contributed by atoms with E-state index in [4.69, 9.17) is 4.74 Å². The number of hydrogen-bond donors (Lipinski definition) is 1. The molecular weight excluding hydrogens is 366 g/mol. The van der Waals surface area contributed by atoms with E-state index in [0.717, 1.165) is 61.4 Å². The average Bonchev–Trinajstić information content (AvgIpc) is 3.36. The molecule has 2 aliphatic rings. The number of nitrogens with zero attached hydrogens (tertiary/aromatic N) is 6. The standard InChI is InChI=1S/C21H23N7O/c1-2-20-22-4-6-27(20)14-15(1)18-3-5-28-19(18)13-23-21(25-28)24-16-11-17(12-16)26-7-9-29-10-8-26/h1-6,13-14,16-17H,7-12H2,(H,24,25). The maximum absolute atomic E-state index is 5.45. The summed E-state index contributed by atoms with van der Waals surface area (Å²) in [4.78, 5) is 11.4. The van der Waals surface area contributed by atoms with Crippen molar-refractivity contribution in [2.45, 2.75) is 24.9 Å². The first-order chi connectivity index (χ1) is 14.3. The van der Waals surface area contributed by atoms with Gasteiger partial charge in [0.1, 0.15) is 5.65 Å². The molecule has 29 heavy (non-hydrogen) atoms. The molecule has 0 bridgehead atoms. The molecule has 1 saturated heterocycles. The van der Waals surface area contributed by atoms with Gasteiger partial charge >= 0.3 is 0 Å². The second-order valence-corrected chi connectivity index (χ2v) is 7.87. The zero-order chi connectivity index (χ0) is 19.2. The highest BCUT2D eigenvalue weighted by molar-refractivity contribution is 5.80. The molecule has 1 aliphatic carbocycles. The van der Waals surface area contributed by atoms with Crippen molar-refractivity contribution >= 4 is 17.1 Å². The monoisotopic (exact) mass is 389 g/mol. The molecule has 8 nitrogen and oxygen atoms in total. The molecule has 1 saturated carbocycles. The Bertz CT molecular complexity index is 1150. The Morgan fingerprint density at radius 3 is 2.83 bits per heavy atom. The second-order valence-electron chi connectivity index (χ2n) is 7.87. The first-order valence-corrected chi connectivity index (χ1v) is 10.2. The number of pyridine rings is 1. The van der Waals surface area contributed by atoms with E-state index < -0.39 is 0 Å². The lowest BCUT2D eigenvalue weighted by Crippen LogP contribution is -2.53. The predicted octanol–water partition coefficient (Wildman–Crippen LogP) is 2.32. The summed E-state index contributed by atoms with van der Waals surface area (Å²) < 4.78 is 9.38. The van der Waals surface area contributed by atoms with E-state index in [1.807, 2.05) is 39.8 Å². The van der Waals surface area contributed by atoms with Gasteiger partial charge in [-0.2, -0.15) is 0 Å². The Morgan fingerprint density at radius 1 is 1.03 bits per heavy atom. The molecule has 0 atom stereocenters. The van der Waals surface area contributed by atoms with Crippen LogP contribution in [0.3, 0.4) is 0 Å². The van der Waals surface area contributed by atoms with Crippen LogP contribution in [-0.4, -0.2) is 67.3 Å². The first kappa shape index (κ1) is 16.9. The molecule has 4 aromatic rings. The van der Waals surface area contributed by atoms with E-state index in [2.05, 4.69) is 43.6 Å².